The summed E-state index contributed by atoms with van der Waals surface area (Å²) in [5, 5.41) is 14.6. The lowest BCUT2D eigenvalue weighted by atomic mass is 9.84. The third-order valence-electron chi connectivity index (χ3n) is 4.88. The second-order valence-electron chi connectivity index (χ2n) is 6.66. The summed E-state index contributed by atoms with van der Waals surface area (Å²) >= 11 is 1.73. The van der Waals surface area contributed by atoms with Crippen LogP contribution in [0, 0.1) is 5.41 Å². The molecular formula is C20H19N3OS. The molecule has 2 N–H and O–H groups in total. The van der Waals surface area contributed by atoms with Crippen LogP contribution in [-0.2, 0) is 10.3 Å². The van der Waals surface area contributed by atoms with Crippen LogP contribution >= 0.6 is 11.3 Å². The summed E-state index contributed by atoms with van der Waals surface area (Å²) < 4.78 is 1.24. The Morgan fingerprint density at radius 3 is 2.68 bits per heavy atom. The molecule has 5 heteroatoms. The van der Waals surface area contributed by atoms with E-state index in [1.807, 2.05) is 25.1 Å². The molecule has 0 spiro atoms. The van der Waals surface area contributed by atoms with Crippen LogP contribution in [0.4, 0.5) is 0 Å². The summed E-state index contributed by atoms with van der Waals surface area (Å²) in [6.07, 6.45) is 0.329. The number of benzene rings is 2. The highest BCUT2D eigenvalue weighted by Crippen LogP contribution is 2.38. The van der Waals surface area contributed by atoms with Crippen LogP contribution < -0.4 is 5.32 Å². The molecule has 4 rings (SSSR count). The average molecular weight is 349 g/mol. The fraction of sp³-hybridized carbons (Fsp3) is 0.200. The number of fused-ring (bicyclic) bond motifs is 1. The van der Waals surface area contributed by atoms with Crippen LogP contribution in [0.5, 0.6) is 0 Å². The number of amides is 1. The van der Waals surface area contributed by atoms with E-state index in [9.17, 15) is 4.79 Å². The maximum absolute atomic E-state index is 12.3. The zero-order valence-electron chi connectivity index (χ0n) is 14.2. The van der Waals surface area contributed by atoms with Crippen molar-refractivity contribution in [2.75, 3.05) is 7.05 Å². The highest BCUT2D eigenvalue weighted by molar-refractivity contribution is 7.17. The average Bonchev–Trinajstić information content (AvgIpc) is 3.08. The lowest BCUT2D eigenvalue weighted by molar-refractivity contribution is -0.129. The number of nitrogens with zero attached hydrogens (tertiary/aromatic N) is 1. The highest BCUT2D eigenvalue weighted by Gasteiger charge is 2.38. The van der Waals surface area contributed by atoms with Gasteiger partial charge in [0, 0.05) is 11.7 Å². The van der Waals surface area contributed by atoms with Gasteiger partial charge in [-0.2, -0.15) is 0 Å². The molecule has 126 valence electrons. The van der Waals surface area contributed by atoms with Crippen molar-refractivity contribution in [1.82, 2.24) is 10.2 Å². The van der Waals surface area contributed by atoms with Gasteiger partial charge in [-0.15, -0.1) is 11.3 Å². The van der Waals surface area contributed by atoms with Gasteiger partial charge in [0.05, 0.1) is 12.0 Å². The van der Waals surface area contributed by atoms with E-state index in [1.165, 1.54) is 20.5 Å². The van der Waals surface area contributed by atoms with Crippen LogP contribution in [0.3, 0.4) is 0 Å². The zero-order valence-corrected chi connectivity index (χ0v) is 15.0. The third-order valence-corrected chi connectivity index (χ3v) is 5.85. The fourth-order valence-corrected chi connectivity index (χ4v) is 4.26. The van der Waals surface area contributed by atoms with Crippen molar-refractivity contribution < 1.29 is 4.79 Å². The number of guanidine groups is 1. The fourth-order valence-electron chi connectivity index (χ4n) is 3.34. The van der Waals surface area contributed by atoms with Crippen molar-refractivity contribution in [2.24, 2.45) is 0 Å². The Morgan fingerprint density at radius 1 is 1.20 bits per heavy atom. The Balaban J connectivity index is 1.89. The highest BCUT2D eigenvalue weighted by atomic mass is 32.1. The number of rotatable bonds is 2. The van der Waals surface area contributed by atoms with E-state index in [0.717, 1.165) is 11.1 Å². The Labute approximate surface area is 150 Å². The molecule has 0 aliphatic carbocycles. The van der Waals surface area contributed by atoms with E-state index >= 15 is 0 Å². The smallest absolute Gasteiger partial charge is 0.231 e. The molecular weight excluding hydrogens is 330 g/mol. The SMILES string of the molecule is CN1C(=N)N[C@](C)(c2cc(-c3ccccc3)c3sccc3c2)CC1=O. The molecule has 1 aliphatic rings. The van der Waals surface area contributed by atoms with Crippen LogP contribution in [0.1, 0.15) is 18.9 Å². The number of thiophene rings is 1. The van der Waals surface area contributed by atoms with E-state index in [4.69, 9.17) is 5.41 Å². The van der Waals surface area contributed by atoms with Gasteiger partial charge in [-0.05, 0) is 52.6 Å². The van der Waals surface area contributed by atoms with Crippen LogP contribution in [0.25, 0.3) is 21.2 Å². The predicted molar refractivity (Wildman–Crippen MR) is 103 cm³/mol. The maximum Gasteiger partial charge on any atom is 0.231 e. The van der Waals surface area contributed by atoms with Crippen molar-refractivity contribution in [3.8, 4) is 11.1 Å². The topological polar surface area (TPSA) is 56.2 Å². The molecule has 2 aromatic carbocycles. The van der Waals surface area contributed by atoms with Crippen molar-refractivity contribution in [2.45, 2.75) is 18.9 Å². The lowest BCUT2D eigenvalue weighted by Crippen LogP contribution is -2.58. The summed E-state index contributed by atoms with van der Waals surface area (Å²) in [7, 11) is 1.63. The minimum Gasteiger partial charge on any atom is -0.346 e. The summed E-state index contributed by atoms with van der Waals surface area (Å²) in [6.45, 7) is 1.99. The van der Waals surface area contributed by atoms with Gasteiger partial charge in [-0.3, -0.25) is 15.1 Å². The molecule has 25 heavy (non-hydrogen) atoms. The number of hydrogen-bond acceptors (Lipinski definition) is 3. The first kappa shape index (κ1) is 15.8. The largest absolute Gasteiger partial charge is 0.346 e. The first-order valence-electron chi connectivity index (χ1n) is 8.18. The molecule has 0 unspecified atom stereocenters. The molecule has 4 nitrogen and oxygen atoms in total. The third kappa shape index (κ3) is 2.61. The van der Waals surface area contributed by atoms with Crippen LogP contribution in [-0.4, -0.2) is 23.8 Å². The molecule has 1 atom stereocenters. The number of nitrogens with one attached hydrogen (secondary N) is 2. The zero-order chi connectivity index (χ0) is 17.6. The summed E-state index contributed by atoms with van der Waals surface area (Å²) in [6, 6.07) is 16.7. The second-order valence-corrected chi connectivity index (χ2v) is 7.58. The van der Waals surface area contributed by atoms with Crippen molar-refractivity contribution in [3.63, 3.8) is 0 Å². The summed E-state index contributed by atoms with van der Waals surface area (Å²) in [4.78, 5) is 13.7. The van der Waals surface area contributed by atoms with Crippen LogP contribution in [0.15, 0.2) is 53.9 Å². The van der Waals surface area contributed by atoms with Gasteiger partial charge in [0.1, 0.15) is 0 Å². The summed E-state index contributed by atoms with van der Waals surface area (Å²) in [5.41, 5.74) is 2.78. The Kier molecular flexibility index (Phi) is 3.62. The first-order chi connectivity index (χ1) is 12.0. The van der Waals surface area contributed by atoms with Gasteiger partial charge in [0.15, 0.2) is 5.96 Å². The van der Waals surface area contributed by atoms with E-state index in [1.54, 1.807) is 18.4 Å². The Morgan fingerprint density at radius 2 is 1.96 bits per heavy atom. The lowest BCUT2D eigenvalue weighted by Gasteiger charge is -2.39. The molecule has 0 saturated carbocycles. The Hall–Kier alpha value is -2.66. The number of hydrogen-bond donors (Lipinski definition) is 2. The molecule has 1 aromatic heterocycles. The van der Waals surface area contributed by atoms with Gasteiger partial charge >= 0.3 is 0 Å². The molecule has 1 fully saturated rings. The molecule has 1 saturated heterocycles. The Bertz CT molecular complexity index is 959. The van der Waals surface area contributed by atoms with E-state index in [2.05, 4.69) is 41.0 Å². The minimum atomic E-state index is -0.583. The van der Waals surface area contributed by atoms with E-state index in [0.29, 0.717) is 6.42 Å². The van der Waals surface area contributed by atoms with Gasteiger partial charge in [-0.25, -0.2) is 0 Å². The van der Waals surface area contributed by atoms with Gasteiger partial charge in [-0.1, -0.05) is 30.3 Å². The normalized spacial score (nSPS) is 20.8. The number of carbonyl (C=O) groups is 1. The summed E-state index contributed by atoms with van der Waals surface area (Å²) in [5.74, 6) is 0.100. The molecule has 1 amide bonds. The van der Waals surface area contributed by atoms with Crippen LogP contribution in [0.2, 0.25) is 0 Å². The van der Waals surface area contributed by atoms with Crippen molar-refractivity contribution in [1.29, 1.82) is 5.41 Å². The predicted octanol–water partition coefficient (Wildman–Crippen LogP) is 4.17. The molecule has 3 aromatic rings. The monoisotopic (exact) mass is 349 g/mol. The molecule has 0 bridgehead atoms. The number of carbonyl (C=O) groups excluding carboxylic acids is 1. The minimum absolute atomic E-state index is 0.0436. The standard InChI is InChI=1S/C20H19N3OS/c1-20(12-17(24)23(2)19(21)22-20)15-10-14-8-9-25-18(14)16(11-15)13-6-4-3-5-7-13/h3-11H,12H2,1-2H3,(H2,21,22)/t20-/m0/s1. The van der Waals surface area contributed by atoms with Crippen molar-refractivity contribution >= 4 is 33.3 Å². The van der Waals surface area contributed by atoms with E-state index in [-0.39, 0.29) is 11.9 Å². The molecule has 1 aliphatic heterocycles. The van der Waals surface area contributed by atoms with Gasteiger partial charge in [0.25, 0.3) is 0 Å². The van der Waals surface area contributed by atoms with Gasteiger partial charge in [0.2, 0.25) is 5.91 Å². The second kappa shape index (κ2) is 5.70. The van der Waals surface area contributed by atoms with Gasteiger partial charge < -0.3 is 5.32 Å². The quantitative estimate of drug-likeness (QED) is 0.729. The van der Waals surface area contributed by atoms with Crippen molar-refractivity contribution in [3.05, 3.63) is 59.5 Å². The molecule has 0 radical (unpaired) electrons. The van der Waals surface area contributed by atoms with E-state index < -0.39 is 5.54 Å². The molecule has 2 heterocycles. The first-order valence-corrected chi connectivity index (χ1v) is 9.06. The maximum atomic E-state index is 12.3.